The van der Waals surface area contributed by atoms with E-state index in [-0.39, 0.29) is 12.0 Å². The fraction of sp³-hybridized carbons (Fsp3) is 0.385. The van der Waals surface area contributed by atoms with Gasteiger partial charge in [0, 0.05) is 6.42 Å². The minimum absolute atomic E-state index is 0.155. The Bertz CT molecular complexity index is 560. The highest BCUT2D eigenvalue weighted by Gasteiger charge is 2.35. The summed E-state index contributed by atoms with van der Waals surface area (Å²) < 4.78 is 38.2. The van der Waals surface area contributed by atoms with Gasteiger partial charge in [-0.2, -0.15) is 18.2 Å². The zero-order valence-corrected chi connectivity index (χ0v) is 10.9. The van der Waals surface area contributed by atoms with Gasteiger partial charge in [-0.25, -0.2) is 4.79 Å². The number of piperidine rings is 1. The second-order valence-corrected chi connectivity index (χ2v) is 4.66. The lowest BCUT2D eigenvalue weighted by atomic mass is 9.95. The third-order valence-corrected chi connectivity index (χ3v) is 3.18. The quantitative estimate of drug-likeness (QED) is 0.913. The highest BCUT2D eigenvalue weighted by Crippen LogP contribution is 2.35. The van der Waals surface area contributed by atoms with Crippen LogP contribution in [0.25, 0.3) is 0 Å². The Kier molecular flexibility index (Phi) is 4.06. The number of halogens is 3. The Morgan fingerprint density at radius 3 is 2.71 bits per heavy atom. The minimum atomic E-state index is -4.48. The van der Waals surface area contributed by atoms with Gasteiger partial charge in [-0.15, -0.1) is 0 Å². The van der Waals surface area contributed by atoms with E-state index < -0.39 is 29.8 Å². The van der Waals surface area contributed by atoms with E-state index in [1.54, 1.807) is 0 Å². The molecule has 1 saturated heterocycles. The maximum absolute atomic E-state index is 12.7. The number of rotatable bonds is 2. The number of carbonyl (C=O) groups is 2. The number of alkyl halides is 3. The zero-order chi connectivity index (χ0) is 15.6. The lowest BCUT2D eigenvalue weighted by Gasteiger charge is -2.33. The molecule has 0 spiro atoms. The summed E-state index contributed by atoms with van der Waals surface area (Å²) in [5.74, 6) is -0.484. The van der Waals surface area contributed by atoms with Gasteiger partial charge in [0.05, 0.1) is 11.6 Å². The van der Waals surface area contributed by atoms with Gasteiger partial charge < -0.3 is 10.6 Å². The van der Waals surface area contributed by atoms with Gasteiger partial charge in [-0.05, 0) is 30.5 Å². The predicted octanol–water partition coefficient (Wildman–Crippen LogP) is 2.77. The number of hydrogen-bond donors (Lipinski definition) is 1. The molecule has 1 unspecified atom stereocenters. The van der Waals surface area contributed by atoms with E-state index >= 15 is 0 Å². The van der Waals surface area contributed by atoms with Crippen LogP contribution in [0, 0.1) is 0 Å². The summed E-state index contributed by atoms with van der Waals surface area (Å²) in [5.41, 5.74) is 4.32. The Balaban J connectivity index is 2.33. The zero-order valence-electron chi connectivity index (χ0n) is 10.9. The molecule has 1 aliphatic heterocycles. The van der Waals surface area contributed by atoms with Gasteiger partial charge >= 0.3 is 12.3 Å². The number of benzene rings is 1. The molecule has 1 aliphatic rings. The van der Waals surface area contributed by atoms with Crippen LogP contribution in [-0.2, 0) is 15.8 Å². The molecule has 5 nitrogen and oxygen atoms in total. The van der Waals surface area contributed by atoms with Gasteiger partial charge in [0.2, 0.25) is 0 Å². The molecule has 1 aromatic carbocycles. The molecular weight excluding hydrogens is 289 g/mol. The van der Waals surface area contributed by atoms with Crippen molar-refractivity contribution in [1.29, 1.82) is 0 Å². The topological polar surface area (TPSA) is 72.6 Å². The SMILES string of the molecule is NC(=O)ON1C(=O)CCCC1c1cccc(C(F)(F)F)c1. The minimum Gasteiger partial charge on any atom is -0.333 e. The van der Waals surface area contributed by atoms with Gasteiger partial charge in [0.25, 0.3) is 5.91 Å². The molecule has 114 valence electrons. The van der Waals surface area contributed by atoms with Crippen LogP contribution in [-0.4, -0.2) is 17.1 Å². The van der Waals surface area contributed by atoms with Crippen LogP contribution in [0.4, 0.5) is 18.0 Å². The maximum Gasteiger partial charge on any atom is 0.429 e. The van der Waals surface area contributed by atoms with Crippen molar-refractivity contribution < 1.29 is 27.6 Å². The fourth-order valence-corrected chi connectivity index (χ4v) is 2.28. The molecule has 0 radical (unpaired) electrons. The number of hydrogen-bond acceptors (Lipinski definition) is 3. The summed E-state index contributed by atoms with van der Waals surface area (Å²) in [6.07, 6.45) is -4.62. The number of amides is 2. The predicted molar refractivity (Wildman–Crippen MR) is 65.6 cm³/mol. The third kappa shape index (κ3) is 3.45. The molecule has 0 aromatic heterocycles. The van der Waals surface area contributed by atoms with Crippen molar-refractivity contribution in [3.05, 3.63) is 35.4 Å². The molecule has 2 rings (SSSR count). The number of nitrogens with two attached hydrogens (primary N) is 1. The Morgan fingerprint density at radius 2 is 2.10 bits per heavy atom. The van der Waals surface area contributed by atoms with Crippen LogP contribution >= 0.6 is 0 Å². The summed E-state index contributed by atoms with van der Waals surface area (Å²) in [6, 6.07) is 3.82. The molecule has 8 heteroatoms. The molecule has 1 aromatic rings. The average molecular weight is 302 g/mol. The Hall–Kier alpha value is -2.25. The molecule has 0 saturated carbocycles. The van der Waals surface area contributed by atoms with Gasteiger partial charge in [0.1, 0.15) is 0 Å². The van der Waals surface area contributed by atoms with E-state index in [1.165, 1.54) is 12.1 Å². The average Bonchev–Trinajstić information content (AvgIpc) is 2.40. The summed E-state index contributed by atoms with van der Waals surface area (Å²) in [5, 5.41) is 0.765. The maximum atomic E-state index is 12.7. The fourth-order valence-electron chi connectivity index (χ4n) is 2.28. The number of hydroxylamine groups is 2. The van der Waals surface area contributed by atoms with Crippen LogP contribution in [0.3, 0.4) is 0 Å². The number of nitrogens with zero attached hydrogens (tertiary/aromatic N) is 1. The molecule has 1 atom stereocenters. The smallest absolute Gasteiger partial charge is 0.333 e. The van der Waals surface area contributed by atoms with Crippen molar-refractivity contribution in [1.82, 2.24) is 5.06 Å². The first kappa shape index (κ1) is 15.1. The Labute approximate surface area is 118 Å². The first-order chi connectivity index (χ1) is 9.79. The molecule has 2 N–H and O–H groups in total. The second-order valence-electron chi connectivity index (χ2n) is 4.66. The van der Waals surface area contributed by atoms with Crippen molar-refractivity contribution in [2.24, 2.45) is 5.73 Å². The van der Waals surface area contributed by atoms with Crippen molar-refractivity contribution in [2.45, 2.75) is 31.5 Å². The van der Waals surface area contributed by atoms with E-state index in [4.69, 9.17) is 5.73 Å². The molecule has 1 fully saturated rings. The highest BCUT2D eigenvalue weighted by molar-refractivity contribution is 5.78. The van der Waals surface area contributed by atoms with Crippen molar-refractivity contribution in [2.75, 3.05) is 0 Å². The normalized spacial score (nSPS) is 19.5. The lowest BCUT2D eigenvalue weighted by molar-refractivity contribution is -0.182. The van der Waals surface area contributed by atoms with Crippen LogP contribution < -0.4 is 5.73 Å². The van der Waals surface area contributed by atoms with Crippen LogP contribution in [0.5, 0.6) is 0 Å². The second kappa shape index (κ2) is 5.63. The molecular formula is C13H13F3N2O3. The molecule has 21 heavy (non-hydrogen) atoms. The monoisotopic (exact) mass is 302 g/mol. The summed E-state index contributed by atoms with van der Waals surface area (Å²) in [6.45, 7) is 0. The van der Waals surface area contributed by atoms with E-state index in [1.807, 2.05) is 0 Å². The van der Waals surface area contributed by atoms with Crippen molar-refractivity contribution in [3.63, 3.8) is 0 Å². The van der Waals surface area contributed by atoms with E-state index in [2.05, 4.69) is 4.84 Å². The van der Waals surface area contributed by atoms with Gasteiger partial charge in [-0.1, -0.05) is 12.1 Å². The first-order valence-electron chi connectivity index (χ1n) is 6.25. The first-order valence-corrected chi connectivity index (χ1v) is 6.25. The standard InChI is InChI=1S/C13H13F3N2O3/c14-13(15,16)9-4-1-3-8(7-9)10-5-2-6-11(19)18(10)21-12(17)20/h1,3-4,7,10H,2,5-6H2,(H2,17,20). The molecule has 2 amide bonds. The molecule has 1 heterocycles. The van der Waals surface area contributed by atoms with Crippen LogP contribution in [0.15, 0.2) is 24.3 Å². The third-order valence-electron chi connectivity index (χ3n) is 3.18. The van der Waals surface area contributed by atoms with Gasteiger partial charge in [0.15, 0.2) is 0 Å². The van der Waals surface area contributed by atoms with E-state index in [0.717, 1.165) is 17.2 Å². The van der Waals surface area contributed by atoms with Crippen LogP contribution in [0.1, 0.15) is 36.4 Å². The van der Waals surface area contributed by atoms with Crippen LogP contribution in [0.2, 0.25) is 0 Å². The summed E-state index contributed by atoms with van der Waals surface area (Å²) in [4.78, 5) is 27.2. The van der Waals surface area contributed by atoms with Gasteiger partial charge in [-0.3, -0.25) is 4.79 Å². The highest BCUT2D eigenvalue weighted by atomic mass is 19.4. The molecule has 0 aliphatic carbocycles. The summed E-state index contributed by atoms with van der Waals surface area (Å²) >= 11 is 0. The van der Waals surface area contributed by atoms with Crippen molar-refractivity contribution in [3.8, 4) is 0 Å². The Morgan fingerprint density at radius 1 is 1.38 bits per heavy atom. The van der Waals surface area contributed by atoms with E-state index in [0.29, 0.717) is 12.8 Å². The van der Waals surface area contributed by atoms with Crippen molar-refractivity contribution >= 4 is 12.0 Å². The number of carbonyl (C=O) groups excluding carboxylic acids is 2. The number of primary amides is 1. The molecule has 0 bridgehead atoms. The largest absolute Gasteiger partial charge is 0.429 e. The van der Waals surface area contributed by atoms with E-state index in [9.17, 15) is 22.8 Å². The lowest BCUT2D eigenvalue weighted by Crippen LogP contribution is -2.41. The summed E-state index contributed by atoms with van der Waals surface area (Å²) in [7, 11) is 0.